The molecule has 19 heavy (non-hydrogen) atoms. The topological polar surface area (TPSA) is 73.3 Å². The fraction of sp³-hybridized carbons (Fsp3) is 0.0769. The van der Waals surface area contributed by atoms with Gasteiger partial charge in [-0.25, -0.2) is 0 Å². The summed E-state index contributed by atoms with van der Waals surface area (Å²) in [6.45, 7) is 0. The van der Waals surface area contributed by atoms with Crippen LogP contribution in [-0.4, -0.2) is 28.3 Å². The Morgan fingerprint density at radius 3 is 3.00 bits per heavy atom. The van der Waals surface area contributed by atoms with Crippen molar-refractivity contribution >= 4 is 45.4 Å². The van der Waals surface area contributed by atoms with E-state index in [0.29, 0.717) is 11.6 Å². The van der Waals surface area contributed by atoms with Crippen LogP contribution in [0.5, 0.6) is 5.88 Å². The van der Waals surface area contributed by atoms with Gasteiger partial charge in [-0.3, -0.25) is 4.99 Å². The number of nitrogens with one attached hydrogen (secondary N) is 2. The van der Waals surface area contributed by atoms with Crippen molar-refractivity contribution in [2.45, 2.75) is 0 Å². The fourth-order valence-corrected chi connectivity index (χ4v) is 2.29. The largest absolute Gasteiger partial charge is 0.492 e. The molecule has 0 fully saturated rings. The van der Waals surface area contributed by atoms with Gasteiger partial charge in [-0.15, -0.1) is 0 Å². The molecule has 0 bridgehead atoms. The number of aromatic hydroxyl groups is 1. The number of nitrogens with zero attached hydrogens (tertiary/aromatic N) is 2. The number of anilines is 1. The third kappa shape index (κ3) is 2.15. The Kier molecular flexibility index (Phi) is 2.87. The first-order valence-corrected chi connectivity index (χ1v) is 6.49. The molecule has 0 spiro atoms. The zero-order chi connectivity index (χ0) is 13.4. The molecular weight excluding hydrogens is 308 g/mol. The Bertz CT molecular complexity index is 703. The van der Waals surface area contributed by atoms with Gasteiger partial charge < -0.3 is 15.4 Å². The van der Waals surface area contributed by atoms with Crippen molar-refractivity contribution in [2.75, 3.05) is 12.4 Å². The van der Waals surface area contributed by atoms with E-state index >= 15 is 0 Å². The summed E-state index contributed by atoms with van der Waals surface area (Å²) in [5.41, 5.74) is 3.42. The van der Waals surface area contributed by atoms with Crippen molar-refractivity contribution in [1.82, 2.24) is 9.97 Å². The van der Waals surface area contributed by atoms with E-state index in [0.717, 1.165) is 21.3 Å². The van der Waals surface area contributed by atoms with Gasteiger partial charge in [0.05, 0.1) is 5.69 Å². The normalized spacial score (nSPS) is 14.9. The summed E-state index contributed by atoms with van der Waals surface area (Å²) in [5.74, 6) is 0.488. The maximum absolute atomic E-state index is 9.74. The Balaban J connectivity index is 2.05. The molecule has 3 rings (SSSR count). The number of fused-ring (bicyclic) bond motifs is 1. The number of imidazole rings is 1. The first-order valence-electron chi connectivity index (χ1n) is 5.70. The second-order valence-electron chi connectivity index (χ2n) is 4.09. The molecule has 2 heterocycles. The van der Waals surface area contributed by atoms with Crippen molar-refractivity contribution in [3.05, 3.63) is 33.9 Å². The molecule has 0 radical (unpaired) electrons. The number of aromatic amines is 1. The number of H-pyrrole nitrogens is 1. The van der Waals surface area contributed by atoms with Crippen molar-refractivity contribution in [1.29, 1.82) is 0 Å². The van der Waals surface area contributed by atoms with E-state index in [9.17, 15) is 5.11 Å². The van der Waals surface area contributed by atoms with E-state index in [2.05, 4.69) is 36.2 Å². The number of aromatic nitrogens is 2. The minimum atomic E-state index is -0.0336. The Labute approximate surface area is 118 Å². The van der Waals surface area contributed by atoms with E-state index in [-0.39, 0.29) is 5.88 Å². The average Bonchev–Trinajstić information content (AvgIpc) is 2.95. The SMILES string of the molecule is CNc1nc(O)c(C=C2C=Nc3ccc(Br)cc32)[nH]1. The average molecular weight is 319 g/mol. The third-order valence-electron chi connectivity index (χ3n) is 2.86. The Morgan fingerprint density at radius 2 is 2.26 bits per heavy atom. The van der Waals surface area contributed by atoms with Gasteiger partial charge in [-0.1, -0.05) is 15.9 Å². The maximum atomic E-state index is 9.74. The standard InChI is InChI=1S/C13H11BrN4O/c1-15-13-17-11(12(19)18-13)4-7-6-16-10-3-2-8(14)5-9(7)10/h2-6,19H,1H3,(H2,15,17,18). The van der Waals surface area contributed by atoms with Crippen LogP contribution < -0.4 is 5.32 Å². The van der Waals surface area contributed by atoms with Crippen LogP contribution in [0, 0.1) is 0 Å². The molecular formula is C13H11BrN4O. The van der Waals surface area contributed by atoms with E-state index in [1.807, 2.05) is 24.3 Å². The van der Waals surface area contributed by atoms with Gasteiger partial charge in [0.25, 0.3) is 0 Å². The molecule has 96 valence electrons. The molecule has 0 unspecified atom stereocenters. The third-order valence-corrected chi connectivity index (χ3v) is 3.35. The van der Waals surface area contributed by atoms with Crippen LogP contribution in [0.4, 0.5) is 11.6 Å². The molecule has 0 amide bonds. The molecule has 0 saturated heterocycles. The number of rotatable bonds is 2. The van der Waals surface area contributed by atoms with Gasteiger partial charge >= 0.3 is 0 Å². The highest BCUT2D eigenvalue weighted by molar-refractivity contribution is 9.10. The van der Waals surface area contributed by atoms with Crippen molar-refractivity contribution < 1.29 is 5.11 Å². The van der Waals surface area contributed by atoms with Gasteiger partial charge in [0, 0.05) is 28.9 Å². The molecule has 0 saturated carbocycles. The van der Waals surface area contributed by atoms with E-state index in [1.165, 1.54) is 0 Å². The Morgan fingerprint density at radius 1 is 1.42 bits per heavy atom. The van der Waals surface area contributed by atoms with Gasteiger partial charge in [0.1, 0.15) is 5.69 Å². The zero-order valence-corrected chi connectivity index (χ0v) is 11.7. The molecule has 5 nitrogen and oxygen atoms in total. The van der Waals surface area contributed by atoms with Crippen LogP contribution >= 0.6 is 15.9 Å². The van der Waals surface area contributed by atoms with Crippen molar-refractivity contribution in [3.8, 4) is 5.88 Å². The van der Waals surface area contributed by atoms with Crippen LogP contribution in [0.3, 0.4) is 0 Å². The molecule has 1 aliphatic rings. The van der Waals surface area contributed by atoms with E-state index in [4.69, 9.17) is 0 Å². The predicted octanol–water partition coefficient (Wildman–Crippen LogP) is 3.18. The zero-order valence-electron chi connectivity index (χ0n) is 10.1. The van der Waals surface area contributed by atoms with Crippen molar-refractivity contribution in [2.24, 2.45) is 4.99 Å². The first-order chi connectivity index (χ1) is 9.17. The molecule has 2 aromatic rings. The fourth-order valence-electron chi connectivity index (χ4n) is 1.93. The number of hydrogen-bond donors (Lipinski definition) is 3. The summed E-state index contributed by atoms with van der Waals surface area (Å²) < 4.78 is 0.993. The molecule has 6 heteroatoms. The summed E-state index contributed by atoms with van der Waals surface area (Å²) in [6.07, 6.45) is 3.60. The van der Waals surface area contributed by atoms with Crippen LogP contribution in [0.2, 0.25) is 0 Å². The highest BCUT2D eigenvalue weighted by Crippen LogP contribution is 2.35. The minimum Gasteiger partial charge on any atom is -0.492 e. The smallest absolute Gasteiger partial charge is 0.238 e. The lowest BCUT2D eigenvalue weighted by Crippen LogP contribution is -1.89. The second-order valence-corrected chi connectivity index (χ2v) is 5.01. The number of halogens is 1. The van der Waals surface area contributed by atoms with E-state index < -0.39 is 0 Å². The molecule has 1 aromatic heterocycles. The lowest BCUT2D eigenvalue weighted by Gasteiger charge is -2.00. The summed E-state index contributed by atoms with van der Waals surface area (Å²) in [5, 5.41) is 12.6. The van der Waals surface area contributed by atoms with Crippen molar-refractivity contribution in [3.63, 3.8) is 0 Å². The second kappa shape index (κ2) is 4.55. The van der Waals surface area contributed by atoms with Gasteiger partial charge in [0.2, 0.25) is 11.8 Å². The van der Waals surface area contributed by atoms with Crippen LogP contribution in [0.1, 0.15) is 11.3 Å². The summed E-state index contributed by atoms with van der Waals surface area (Å²) in [7, 11) is 1.73. The highest BCUT2D eigenvalue weighted by Gasteiger charge is 2.14. The lowest BCUT2D eigenvalue weighted by molar-refractivity contribution is 0.455. The highest BCUT2D eigenvalue weighted by atomic mass is 79.9. The van der Waals surface area contributed by atoms with Gasteiger partial charge in [-0.05, 0) is 24.3 Å². The molecule has 3 N–H and O–H groups in total. The number of benzene rings is 1. The quantitative estimate of drug-likeness (QED) is 0.796. The van der Waals surface area contributed by atoms with Gasteiger partial charge in [0.15, 0.2) is 0 Å². The van der Waals surface area contributed by atoms with Crippen LogP contribution in [0.25, 0.3) is 11.6 Å². The molecule has 1 aliphatic heterocycles. The predicted molar refractivity (Wildman–Crippen MR) is 80.0 cm³/mol. The minimum absolute atomic E-state index is 0.0336. The number of aliphatic imine (C=N–C) groups is 1. The molecule has 0 aliphatic carbocycles. The number of hydrogen-bond acceptors (Lipinski definition) is 4. The van der Waals surface area contributed by atoms with Crippen LogP contribution in [0.15, 0.2) is 27.7 Å². The summed E-state index contributed by atoms with van der Waals surface area (Å²) in [4.78, 5) is 11.2. The molecule has 1 aromatic carbocycles. The van der Waals surface area contributed by atoms with Gasteiger partial charge in [-0.2, -0.15) is 4.98 Å². The lowest BCUT2D eigenvalue weighted by atomic mass is 10.1. The summed E-state index contributed by atoms with van der Waals surface area (Å²) in [6, 6.07) is 5.90. The van der Waals surface area contributed by atoms with E-state index in [1.54, 1.807) is 13.3 Å². The summed E-state index contributed by atoms with van der Waals surface area (Å²) >= 11 is 3.45. The number of allylic oxidation sites excluding steroid dienone is 1. The monoisotopic (exact) mass is 318 g/mol. The van der Waals surface area contributed by atoms with Crippen LogP contribution in [-0.2, 0) is 0 Å². The Hall–Kier alpha value is -2.08. The maximum Gasteiger partial charge on any atom is 0.238 e. The molecule has 0 atom stereocenters. The first kappa shape index (κ1) is 12.0.